The molecule has 1 heterocycles. The number of hydrogen-bond donors (Lipinski definition) is 1. The zero-order valence-corrected chi connectivity index (χ0v) is 16.7. The van der Waals surface area contributed by atoms with Crippen molar-refractivity contribution >= 4 is 16.7 Å². The number of benzene rings is 3. The van der Waals surface area contributed by atoms with Crippen molar-refractivity contribution in [1.29, 1.82) is 0 Å². The maximum Gasteiger partial charge on any atom is 0.261 e. The Kier molecular flexibility index (Phi) is 5.61. The van der Waals surface area contributed by atoms with Crippen LogP contribution in [0.1, 0.15) is 12.8 Å². The number of nitrogens with zero attached hydrogens (tertiary/aromatic N) is 2. The molecule has 1 amide bonds. The van der Waals surface area contributed by atoms with Gasteiger partial charge in [-0.25, -0.2) is 0 Å². The molecule has 7 heteroatoms. The predicted octanol–water partition coefficient (Wildman–Crippen LogP) is 3.98. The number of methoxy groups -OCH3 is 1. The molecule has 30 heavy (non-hydrogen) atoms. The third kappa shape index (κ3) is 4.41. The van der Waals surface area contributed by atoms with E-state index in [0.29, 0.717) is 23.2 Å². The molecule has 7 nitrogen and oxygen atoms in total. The molecule has 1 N–H and O–H groups in total. The highest BCUT2D eigenvalue weighted by molar-refractivity contribution is 5.84. The number of carbonyl (C=O) groups excluding carboxylic acids is 1. The molecule has 0 aliphatic rings. The summed E-state index contributed by atoms with van der Waals surface area (Å²) >= 11 is 0. The highest BCUT2D eigenvalue weighted by Gasteiger charge is 2.16. The summed E-state index contributed by atoms with van der Waals surface area (Å²) in [5.41, 5.74) is 0.767. The molecule has 0 aliphatic heterocycles. The molecular formula is C23H21N3O4. The van der Waals surface area contributed by atoms with Crippen molar-refractivity contribution in [3.8, 4) is 22.9 Å². The lowest BCUT2D eigenvalue weighted by Gasteiger charge is -2.14. The first-order valence-corrected chi connectivity index (χ1v) is 9.52. The van der Waals surface area contributed by atoms with Crippen LogP contribution in [0.4, 0.5) is 0 Å². The van der Waals surface area contributed by atoms with Gasteiger partial charge in [0.05, 0.1) is 13.7 Å². The van der Waals surface area contributed by atoms with E-state index in [4.69, 9.17) is 14.0 Å². The van der Waals surface area contributed by atoms with Crippen molar-refractivity contribution in [3.05, 3.63) is 72.6 Å². The van der Waals surface area contributed by atoms with Crippen LogP contribution in [0.15, 0.2) is 71.3 Å². The fraction of sp³-hybridized carbons (Fsp3) is 0.174. The Hall–Kier alpha value is -3.87. The van der Waals surface area contributed by atoms with Crippen molar-refractivity contribution in [1.82, 2.24) is 15.5 Å². The second-order valence-electron chi connectivity index (χ2n) is 6.73. The van der Waals surface area contributed by atoms with Gasteiger partial charge in [0.2, 0.25) is 11.7 Å². The third-order valence-corrected chi connectivity index (χ3v) is 4.61. The number of fused-ring (bicyclic) bond motifs is 1. The summed E-state index contributed by atoms with van der Waals surface area (Å²) < 4.78 is 16.2. The lowest BCUT2D eigenvalue weighted by molar-refractivity contribution is -0.127. The van der Waals surface area contributed by atoms with Crippen LogP contribution >= 0.6 is 0 Å². The van der Waals surface area contributed by atoms with Gasteiger partial charge in [-0.3, -0.25) is 4.79 Å². The van der Waals surface area contributed by atoms with Crippen molar-refractivity contribution in [2.75, 3.05) is 7.11 Å². The molecule has 0 saturated heterocycles. The highest BCUT2D eigenvalue weighted by atomic mass is 16.5. The molecule has 4 aromatic rings. The van der Waals surface area contributed by atoms with Crippen molar-refractivity contribution in [3.63, 3.8) is 0 Å². The van der Waals surface area contributed by atoms with E-state index in [0.717, 1.165) is 16.3 Å². The Morgan fingerprint density at radius 3 is 2.70 bits per heavy atom. The number of carbonyl (C=O) groups is 1. The topological polar surface area (TPSA) is 86.5 Å². The summed E-state index contributed by atoms with van der Waals surface area (Å²) in [7, 11) is 1.59. The third-order valence-electron chi connectivity index (χ3n) is 4.61. The Bertz CT molecular complexity index is 1170. The van der Waals surface area contributed by atoms with Gasteiger partial charge in [0, 0.05) is 5.56 Å². The standard InChI is InChI=1S/C23H21N3O4/c1-15(29-20-11-10-16-6-3-4-7-17(16)12-20)23(27)24-14-21-25-22(26-30-21)18-8-5-9-19(13-18)28-2/h3-13,15H,14H2,1-2H3,(H,24,27)/t15-/m1/s1. The summed E-state index contributed by atoms with van der Waals surface area (Å²) in [6.45, 7) is 1.81. The quantitative estimate of drug-likeness (QED) is 0.502. The van der Waals surface area contributed by atoms with Crippen LogP contribution in [0.25, 0.3) is 22.2 Å². The van der Waals surface area contributed by atoms with E-state index in [-0.39, 0.29) is 12.5 Å². The number of hydrogen-bond acceptors (Lipinski definition) is 6. The van der Waals surface area contributed by atoms with Crippen LogP contribution in [0.5, 0.6) is 11.5 Å². The van der Waals surface area contributed by atoms with Crippen molar-refractivity contribution < 1.29 is 18.8 Å². The van der Waals surface area contributed by atoms with Gasteiger partial charge in [-0.2, -0.15) is 4.98 Å². The van der Waals surface area contributed by atoms with Crippen LogP contribution in [-0.2, 0) is 11.3 Å². The minimum Gasteiger partial charge on any atom is -0.497 e. The summed E-state index contributed by atoms with van der Waals surface area (Å²) in [5.74, 6) is 1.79. The van der Waals surface area contributed by atoms with E-state index in [2.05, 4.69) is 15.5 Å². The molecule has 0 saturated carbocycles. The predicted molar refractivity (Wildman–Crippen MR) is 112 cm³/mol. The van der Waals surface area contributed by atoms with E-state index < -0.39 is 6.10 Å². The van der Waals surface area contributed by atoms with E-state index in [1.807, 2.05) is 66.7 Å². The Labute approximate surface area is 173 Å². The van der Waals surface area contributed by atoms with Crippen molar-refractivity contribution in [2.24, 2.45) is 0 Å². The van der Waals surface area contributed by atoms with E-state index in [9.17, 15) is 4.79 Å². The summed E-state index contributed by atoms with van der Waals surface area (Å²) in [5, 5.41) is 8.89. The number of aromatic nitrogens is 2. The fourth-order valence-electron chi connectivity index (χ4n) is 3.01. The number of ether oxygens (including phenoxy) is 2. The maximum atomic E-state index is 12.4. The zero-order chi connectivity index (χ0) is 20.9. The molecule has 0 aliphatic carbocycles. The Balaban J connectivity index is 1.35. The lowest BCUT2D eigenvalue weighted by Crippen LogP contribution is -2.35. The molecule has 1 atom stereocenters. The van der Waals surface area contributed by atoms with Gasteiger partial charge in [-0.1, -0.05) is 47.6 Å². The molecular weight excluding hydrogens is 382 g/mol. The van der Waals surface area contributed by atoms with Gasteiger partial charge >= 0.3 is 0 Å². The van der Waals surface area contributed by atoms with Crippen molar-refractivity contribution in [2.45, 2.75) is 19.6 Å². The number of rotatable bonds is 7. The number of amides is 1. The van der Waals surface area contributed by atoms with Gasteiger partial charge in [0.1, 0.15) is 11.5 Å². The maximum absolute atomic E-state index is 12.4. The Morgan fingerprint density at radius 1 is 1.03 bits per heavy atom. The summed E-state index contributed by atoms with van der Waals surface area (Å²) in [4.78, 5) is 16.7. The van der Waals surface area contributed by atoms with Gasteiger partial charge in [0.15, 0.2) is 6.10 Å². The summed E-state index contributed by atoms with van der Waals surface area (Å²) in [6, 6.07) is 21.1. The monoisotopic (exact) mass is 403 g/mol. The fourth-order valence-corrected chi connectivity index (χ4v) is 3.01. The van der Waals surface area contributed by atoms with E-state index in [1.165, 1.54) is 0 Å². The SMILES string of the molecule is COc1cccc(-c2noc(CNC(=O)[C@@H](C)Oc3ccc4ccccc4c3)n2)c1. The number of nitrogens with one attached hydrogen (secondary N) is 1. The second kappa shape index (κ2) is 8.65. The minimum absolute atomic E-state index is 0.112. The van der Waals surface area contributed by atoms with Crippen LogP contribution in [-0.4, -0.2) is 29.3 Å². The Morgan fingerprint density at radius 2 is 1.87 bits per heavy atom. The molecule has 3 aromatic carbocycles. The van der Waals surface area contributed by atoms with Gasteiger partial charge in [0.25, 0.3) is 5.91 Å². The lowest BCUT2D eigenvalue weighted by atomic mass is 10.1. The second-order valence-corrected chi connectivity index (χ2v) is 6.73. The smallest absolute Gasteiger partial charge is 0.261 e. The first kappa shape index (κ1) is 19.4. The first-order valence-electron chi connectivity index (χ1n) is 9.52. The average Bonchev–Trinajstić information content (AvgIpc) is 3.26. The summed E-state index contributed by atoms with van der Waals surface area (Å²) in [6.07, 6.45) is -0.674. The van der Waals surface area contributed by atoms with Crippen LogP contribution < -0.4 is 14.8 Å². The van der Waals surface area contributed by atoms with Gasteiger partial charge in [-0.15, -0.1) is 0 Å². The average molecular weight is 403 g/mol. The van der Waals surface area contributed by atoms with Gasteiger partial charge < -0.3 is 19.3 Å². The normalized spacial score (nSPS) is 11.8. The molecule has 0 bridgehead atoms. The largest absolute Gasteiger partial charge is 0.497 e. The molecule has 1 aromatic heterocycles. The zero-order valence-electron chi connectivity index (χ0n) is 16.7. The molecule has 0 unspecified atom stereocenters. The first-order chi connectivity index (χ1) is 14.6. The molecule has 0 radical (unpaired) electrons. The molecule has 4 rings (SSSR count). The molecule has 0 spiro atoms. The molecule has 0 fully saturated rings. The van der Waals surface area contributed by atoms with Gasteiger partial charge in [-0.05, 0) is 42.0 Å². The molecule has 152 valence electrons. The van der Waals surface area contributed by atoms with Crippen LogP contribution in [0, 0.1) is 0 Å². The van der Waals surface area contributed by atoms with Crippen LogP contribution in [0.2, 0.25) is 0 Å². The van der Waals surface area contributed by atoms with E-state index in [1.54, 1.807) is 14.0 Å². The van der Waals surface area contributed by atoms with Crippen LogP contribution in [0.3, 0.4) is 0 Å². The van der Waals surface area contributed by atoms with E-state index >= 15 is 0 Å². The minimum atomic E-state index is -0.674. The highest BCUT2D eigenvalue weighted by Crippen LogP contribution is 2.22.